The molecule has 2 aromatic rings. The van der Waals surface area contributed by atoms with Crippen LogP contribution in [-0.4, -0.2) is 15.5 Å². The molecule has 1 aromatic carbocycles. The van der Waals surface area contributed by atoms with Gasteiger partial charge >= 0.3 is 0 Å². The molecule has 2 rings (SSSR count). The van der Waals surface area contributed by atoms with Crippen molar-refractivity contribution in [1.82, 2.24) is 9.55 Å². The number of hydrogen-bond donors (Lipinski definition) is 0. The van der Waals surface area contributed by atoms with Gasteiger partial charge in [-0.1, -0.05) is 39.0 Å². The van der Waals surface area contributed by atoms with E-state index in [1.165, 1.54) is 0 Å². The molecule has 0 atom stereocenters. The summed E-state index contributed by atoms with van der Waals surface area (Å²) in [5.74, 6) is -0.0386. The second-order valence-corrected chi connectivity index (χ2v) is 5.68. The first-order chi connectivity index (χ1) is 8.46. The van der Waals surface area contributed by atoms with Crippen LogP contribution in [0, 0.1) is 5.41 Å². The van der Waals surface area contributed by atoms with E-state index in [0.717, 1.165) is 12.1 Å². The molecule has 0 aliphatic rings. The summed E-state index contributed by atoms with van der Waals surface area (Å²) < 4.78 is 1.55. The van der Waals surface area contributed by atoms with Gasteiger partial charge in [0.05, 0.1) is 5.69 Å². The van der Waals surface area contributed by atoms with Gasteiger partial charge in [-0.2, -0.15) is 0 Å². The fourth-order valence-electron chi connectivity index (χ4n) is 1.84. The highest BCUT2D eigenvalue weighted by Crippen LogP contribution is 2.19. The molecule has 0 saturated carbocycles. The fourth-order valence-corrected chi connectivity index (χ4v) is 1.84. The number of aromatic nitrogens is 2. The van der Waals surface area contributed by atoms with E-state index in [4.69, 9.17) is 0 Å². The molecule has 0 saturated heterocycles. The molecule has 0 fully saturated rings. The lowest BCUT2D eigenvalue weighted by molar-refractivity contribution is 0.0959. The van der Waals surface area contributed by atoms with Crippen molar-refractivity contribution in [3.8, 4) is 0 Å². The van der Waals surface area contributed by atoms with Crippen LogP contribution in [0.4, 0.5) is 0 Å². The third-order valence-electron chi connectivity index (χ3n) is 2.60. The van der Waals surface area contributed by atoms with Gasteiger partial charge in [-0.3, -0.25) is 9.36 Å². The summed E-state index contributed by atoms with van der Waals surface area (Å²) in [4.78, 5) is 16.4. The SMILES string of the molecule is CC(C)(C)Cc1cn(C(=O)c2ccccc2)cn1. The second kappa shape index (κ2) is 4.77. The van der Waals surface area contributed by atoms with E-state index >= 15 is 0 Å². The topological polar surface area (TPSA) is 34.9 Å². The molecule has 0 aliphatic heterocycles. The predicted octanol–water partition coefficient (Wildman–Crippen LogP) is 3.16. The molecule has 1 aromatic heterocycles. The molecule has 0 aliphatic carbocycles. The van der Waals surface area contributed by atoms with Gasteiger partial charge in [0.2, 0.25) is 0 Å². The van der Waals surface area contributed by atoms with Crippen LogP contribution in [-0.2, 0) is 6.42 Å². The molecule has 0 N–H and O–H groups in total. The molecule has 0 bridgehead atoms. The molecule has 94 valence electrons. The third-order valence-corrected chi connectivity index (χ3v) is 2.60. The maximum atomic E-state index is 12.1. The molecular formula is C15H18N2O. The van der Waals surface area contributed by atoms with Crippen LogP contribution in [0.3, 0.4) is 0 Å². The Morgan fingerprint density at radius 3 is 2.50 bits per heavy atom. The molecule has 1 heterocycles. The number of imidazole rings is 1. The maximum Gasteiger partial charge on any atom is 0.263 e. The largest absolute Gasteiger partial charge is 0.272 e. The minimum absolute atomic E-state index is 0.0386. The van der Waals surface area contributed by atoms with E-state index in [1.54, 1.807) is 10.9 Å². The Hall–Kier alpha value is -1.90. The number of carbonyl (C=O) groups excluding carboxylic acids is 1. The van der Waals surface area contributed by atoms with Crippen LogP contribution < -0.4 is 0 Å². The Balaban J connectivity index is 2.18. The number of carbonyl (C=O) groups is 1. The summed E-state index contributed by atoms with van der Waals surface area (Å²) in [6, 6.07) is 9.24. The van der Waals surface area contributed by atoms with Crippen LogP contribution in [0.25, 0.3) is 0 Å². The van der Waals surface area contributed by atoms with Crippen molar-refractivity contribution >= 4 is 5.91 Å². The van der Waals surface area contributed by atoms with Crippen LogP contribution in [0.1, 0.15) is 36.8 Å². The first kappa shape index (κ1) is 12.6. The lowest BCUT2D eigenvalue weighted by atomic mass is 9.91. The van der Waals surface area contributed by atoms with E-state index in [1.807, 2.05) is 36.5 Å². The Morgan fingerprint density at radius 1 is 1.22 bits per heavy atom. The highest BCUT2D eigenvalue weighted by atomic mass is 16.2. The molecular weight excluding hydrogens is 224 g/mol. The van der Waals surface area contributed by atoms with Crippen LogP contribution >= 0.6 is 0 Å². The van der Waals surface area contributed by atoms with Crippen LogP contribution in [0.5, 0.6) is 0 Å². The van der Waals surface area contributed by atoms with Gasteiger partial charge in [-0.15, -0.1) is 0 Å². The normalized spacial score (nSPS) is 11.5. The van der Waals surface area contributed by atoms with E-state index in [2.05, 4.69) is 25.8 Å². The van der Waals surface area contributed by atoms with Gasteiger partial charge < -0.3 is 0 Å². The summed E-state index contributed by atoms with van der Waals surface area (Å²) in [5.41, 5.74) is 1.80. The Bertz CT molecular complexity index is 535. The predicted molar refractivity (Wildman–Crippen MR) is 71.6 cm³/mol. The summed E-state index contributed by atoms with van der Waals surface area (Å²) in [6.07, 6.45) is 4.28. The molecule has 0 spiro atoms. The van der Waals surface area contributed by atoms with Crippen molar-refractivity contribution in [2.75, 3.05) is 0 Å². The minimum atomic E-state index is -0.0386. The molecule has 0 amide bonds. The van der Waals surface area contributed by atoms with Crippen molar-refractivity contribution in [3.05, 3.63) is 54.1 Å². The number of hydrogen-bond acceptors (Lipinski definition) is 2. The van der Waals surface area contributed by atoms with Crippen LogP contribution in [0.15, 0.2) is 42.9 Å². The highest BCUT2D eigenvalue weighted by Gasteiger charge is 2.15. The lowest BCUT2D eigenvalue weighted by Gasteiger charge is -2.15. The highest BCUT2D eigenvalue weighted by molar-refractivity contribution is 5.95. The van der Waals surface area contributed by atoms with E-state index in [0.29, 0.717) is 5.56 Å². The Labute approximate surface area is 107 Å². The zero-order chi connectivity index (χ0) is 13.2. The molecule has 3 nitrogen and oxygen atoms in total. The molecule has 18 heavy (non-hydrogen) atoms. The minimum Gasteiger partial charge on any atom is -0.272 e. The zero-order valence-electron chi connectivity index (χ0n) is 11.1. The average molecular weight is 242 g/mol. The van der Waals surface area contributed by atoms with Crippen molar-refractivity contribution in [1.29, 1.82) is 0 Å². The summed E-state index contributed by atoms with van der Waals surface area (Å²) in [6.45, 7) is 6.47. The smallest absolute Gasteiger partial charge is 0.263 e. The van der Waals surface area contributed by atoms with Crippen molar-refractivity contribution in [3.63, 3.8) is 0 Å². The quantitative estimate of drug-likeness (QED) is 0.810. The van der Waals surface area contributed by atoms with Gasteiger partial charge in [0.15, 0.2) is 0 Å². The molecule has 3 heteroatoms. The zero-order valence-corrected chi connectivity index (χ0v) is 11.1. The summed E-state index contributed by atoms with van der Waals surface area (Å²) in [5, 5.41) is 0. The van der Waals surface area contributed by atoms with E-state index in [9.17, 15) is 4.79 Å². The lowest BCUT2D eigenvalue weighted by Crippen LogP contribution is -2.11. The average Bonchev–Trinajstić information content (AvgIpc) is 2.75. The van der Waals surface area contributed by atoms with Crippen molar-refractivity contribution in [2.24, 2.45) is 5.41 Å². The van der Waals surface area contributed by atoms with E-state index in [-0.39, 0.29) is 11.3 Å². The first-order valence-corrected chi connectivity index (χ1v) is 6.08. The summed E-state index contributed by atoms with van der Waals surface area (Å²) >= 11 is 0. The number of benzene rings is 1. The molecule has 0 radical (unpaired) electrons. The van der Waals surface area contributed by atoms with Crippen molar-refractivity contribution < 1.29 is 4.79 Å². The van der Waals surface area contributed by atoms with E-state index < -0.39 is 0 Å². The summed E-state index contributed by atoms with van der Waals surface area (Å²) in [7, 11) is 0. The monoisotopic (exact) mass is 242 g/mol. The standard InChI is InChI=1S/C15H18N2O/c1-15(2,3)9-13-10-17(11-16-13)14(18)12-7-5-4-6-8-12/h4-8,10-11H,9H2,1-3H3. The van der Waals surface area contributed by atoms with Crippen LogP contribution in [0.2, 0.25) is 0 Å². The van der Waals surface area contributed by atoms with Gasteiger partial charge in [-0.05, 0) is 24.0 Å². The third kappa shape index (κ3) is 3.06. The number of nitrogens with zero attached hydrogens (tertiary/aromatic N) is 2. The van der Waals surface area contributed by atoms with Crippen molar-refractivity contribution in [2.45, 2.75) is 27.2 Å². The van der Waals surface area contributed by atoms with Gasteiger partial charge in [0.1, 0.15) is 6.33 Å². The second-order valence-electron chi connectivity index (χ2n) is 5.68. The molecule has 0 unspecified atom stereocenters. The Morgan fingerprint density at radius 2 is 1.89 bits per heavy atom. The Kier molecular flexibility index (Phi) is 3.32. The van der Waals surface area contributed by atoms with Gasteiger partial charge in [0, 0.05) is 11.8 Å². The first-order valence-electron chi connectivity index (χ1n) is 6.08. The number of rotatable bonds is 2. The van der Waals surface area contributed by atoms with Gasteiger partial charge in [0.25, 0.3) is 5.91 Å². The fraction of sp³-hybridized carbons (Fsp3) is 0.333. The maximum absolute atomic E-state index is 12.1. The van der Waals surface area contributed by atoms with Gasteiger partial charge in [-0.25, -0.2) is 4.98 Å².